The van der Waals surface area contributed by atoms with E-state index in [2.05, 4.69) is 10.6 Å². The molecule has 0 aliphatic heterocycles. The largest absolute Gasteiger partial charge is 0.385 e. The van der Waals surface area contributed by atoms with Gasteiger partial charge < -0.3 is 21.1 Å². The summed E-state index contributed by atoms with van der Waals surface area (Å²) in [5, 5.41) is 5.03. The molecule has 0 saturated heterocycles. The molecule has 1 atom stereocenters. The highest BCUT2D eigenvalue weighted by Crippen LogP contribution is 2.04. The molecule has 0 aliphatic carbocycles. The predicted molar refractivity (Wildman–Crippen MR) is 74.7 cm³/mol. The number of primary amides is 1. The van der Waals surface area contributed by atoms with Crippen molar-refractivity contribution in [2.24, 2.45) is 11.7 Å². The Morgan fingerprint density at radius 2 is 1.85 bits per heavy atom. The van der Waals surface area contributed by atoms with Crippen LogP contribution < -0.4 is 16.4 Å². The van der Waals surface area contributed by atoms with Crippen LogP contribution in [0.15, 0.2) is 0 Å². The first-order valence-electron chi connectivity index (χ1n) is 6.71. The van der Waals surface area contributed by atoms with Crippen molar-refractivity contribution in [3.63, 3.8) is 0 Å². The van der Waals surface area contributed by atoms with Crippen LogP contribution >= 0.6 is 0 Å². The molecular formula is C13H25N3O4. The average Bonchev–Trinajstić information content (AvgIpc) is 2.38. The fourth-order valence-electron chi connectivity index (χ4n) is 1.49. The quantitative estimate of drug-likeness (QED) is 0.505. The lowest BCUT2D eigenvalue weighted by Gasteiger charge is -2.18. The van der Waals surface area contributed by atoms with Crippen molar-refractivity contribution in [3.05, 3.63) is 0 Å². The highest BCUT2D eigenvalue weighted by atomic mass is 16.5. The minimum Gasteiger partial charge on any atom is -0.385 e. The summed E-state index contributed by atoms with van der Waals surface area (Å²) in [4.78, 5) is 34.2. The molecule has 0 rings (SSSR count). The van der Waals surface area contributed by atoms with Crippen molar-refractivity contribution in [2.75, 3.05) is 20.3 Å². The zero-order valence-corrected chi connectivity index (χ0v) is 12.4. The van der Waals surface area contributed by atoms with E-state index in [4.69, 9.17) is 10.5 Å². The number of hydrogen-bond donors (Lipinski definition) is 3. The lowest BCUT2D eigenvalue weighted by atomic mass is 10.1. The van der Waals surface area contributed by atoms with E-state index in [1.54, 1.807) is 0 Å². The normalized spacial score (nSPS) is 12.0. The van der Waals surface area contributed by atoms with Crippen molar-refractivity contribution < 1.29 is 19.1 Å². The lowest BCUT2D eigenvalue weighted by Crippen LogP contribution is -2.49. The molecule has 0 spiro atoms. The Hall–Kier alpha value is -1.63. The molecule has 0 aromatic carbocycles. The van der Waals surface area contributed by atoms with E-state index in [-0.39, 0.29) is 12.5 Å². The molecule has 7 nitrogen and oxygen atoms in total. The number of nitrogens with one attached hydrogen (secondary N) is 2. The van der Waals surface area contributed by atoms with E-state index < -0.39 is 17.9 Å². The van der Waals surface area contributed by atoms with Crippen molar-refractivity contribution >= 4 is 17.7 Å². The van der Waals surface area contributed by atoms with E-state index in [0.717, 1.165) is 6.42 Å². The van der Waals surface area contributed by atoms with Gasteiger partial charge in [0.2, 0.25) is 17.7 Å². The SMILES string of the molecule is COCCC(NC(=O)CCC(C)C)C(=O)NCC(N)=O. The fraction of sp³-hybridized carbons (Fsp3) is 0.769. The van der Waals surface area contributed by atoms with Gasteiger partial charge in [-0.25, -0.2) is 0 Å². The first kappa shape index (κ1) is 18.4. The maximum Gasteiger partial charge on any atom is 0.243 e. The molecule has 1 unspecified atom stereocenters. The molecule has 0 aromatic rings. The number of ether oxygens (including phenoxy) is 1. The minimum atomic E-state index is -0.714. The predicted octanol–water partition coefficient (Wildman–Crippen LogP) is -0.455. The van der Waals surface area contributed by atoms with E-state index in [9.17, 15) is 14.4 Å². The van der Waals surface area contributed by atoms with Gasteiger partial charge in [-0.05, 0) is 18.8 Å². The van der Waals surface area contributed by atoms with Gasteiger partial charge in [-0.2, -0.15) is 0 Å². The monoisotopic (exact) mass is 287 g/mol. The number of carbonyl (C=O) groups is 3. The van der Waals surface area contributed by atoms with Crippen LogP contribution in [-0.2, 0) is 19.1 Å². The number of rotatable bonds is 10. The van der Waals surface area contributed by atoms with Crippen LogP contribution in [0.4, 0.5) is 0 Å². The average molecular weight is 287 g/mol. The third kappa shape index (κ3) is 9.32. The molecule has 3 amide bonds. The molecule has 7 heteroatoms. The van der Waals surface area contributed by atoms with Gasteiger partial charge in [0, 0.05) is 20.1 Å². The Morgan fingerprint density at radius 3 is 2.35 bits per heavy atom. The highest BCUT2D eigenvalue weighted by molar-refractivity contribution is 5.90. The minimum absolute atomic E-state index is 0.186. The number of carbonyl (C=O) groups excluding carboxylic acids is 3. The van der Waals surface area contributed by atoms with E-state index in [0.29, 0.717) is 25.4 Å². The number of methoxy groups -OCH3 is 1. The van der Waals surface area contributed by atoms with Gasteiger partial charge in [0.15, 0.2) is 0 Å². The Balaban J connectivity index is 4.35. The van der Waals surface area contributed by atoms with Gasteiger partial charge in [0.25, 0.3) is 0 Å². The summed E-state index contributed by atoms with van der Waals surface area (Å²) in [7, 11) is 1.51. The molecule has 0 fully saturated rings. The third-order valence-corrected chi connectivity index (χ3v) is 2.65. The van der Waals surface area contributed by atoms with Crippen molar-refractivity contribution in [1.82, 2.24) is 10.6 Å². The van der Waals surface area contributed by atoms with Gasteiger partial charge in [0.05, 0.1) is 6.54 Å². The van der Waals surface area contributed by atoms with Gasteiger partial charge in [-0.15, -0.1) is 0 Å². The lowest BCUT2D eigenvalue weighted by molar-refractivity contribution is -0.130. The van der Waals surface area contributed by atoms with Crippen LogP contribution in [0.5, 0.6) is 0 Å². The molecule has 0 aliphatic rings. The molecule has 0 bridgehead atoms. The van der Waals surface area contributed by atoms with Gasteiger partial charge in [0.1, 0.15) is 6.04 Å². The maximum atomic E-state index is 11.8. The van der Waals surface area contributed by atoms with Crippen LogP contribution in [0.25, 0.3) is 0 Å². The molecule has 0 aromatic heterocycles. The molecule has 0 radical (unpaired) electrons. The zero-order chi connectivity index (χ0) is 15.5. The van der Waals surface area contributed by atoms with Crippen LogP contribution in [0, 0.1) is 5.92 Å². The van der Waals surface area contributed by atoms with Crippen molar-refractivity contribution in [1.29, 1.82) is 0 Å². The maximum absolute atomic E-state index is 11.8. The van der Waals surface area contributed by atoms with E-state index in [1.165, 1.54) is 7.11 Å². The Bertz CT molecular complexity index is 332. The molecule has 116 valence electrons. The topological polar surface area (TPSA) is 111 Å². The van der Waals surface area contributed by atoms with Crippen molar-refractivity contribution in [3.8, 4) is 0 Å². The highest BCUT2D eigenvalue weighted by Gasteiger charge is 2.20. The second-order valence-electron chi connectivity index (χ2n) is 5.02. The summed E-state index contributed by atoms with van der Waals surface area (Å²) in [5.74, 6) is -0.829. The number of amides is 3. The Labute approximate surface area is 119 Å². The first-order chi connectivity index (χ1) is 9.36. The van der Waals surface area contributed by atoms with Crippen LogP contribution in [0.2, 0.25) is 0 Å². The molecule has 20 heavy (non-hydrogen) atoms. The van der Waals surface area contributed by atoms with Crippen LogP contribution in [-0.4, -0.2) is 44.0 Å². The van der Waals surface area contributed by atoms with Crippen LogP contribution in [0.1, 0.15) is 33.1 Å². The smallest absolute Gasteiger partial charge is 0.243 e. The van der Waals surface area contributed by atoms with Gasteiger partial charge >= 0.3 is 0 Å². The molecule has 4 N–H and O–H groups in total. The van der Waals surface area contributed by atoms with Gasteiger partial charge in [-0.1, -0.05) is 13.8 Å². The molecule has 0 heterocycles. The summed E-state index contributed by atoms with van der Waals surface area (Å²) in [6.07, 6.45) is 1.46. The van der Waals surface area contributed by atoms with Crippen LogP contribution in [0.3, 0.4) is 0 Å². The third-order valence-electron chi connectivity index (χ3n) is 2.65. The molecule has 0 saturated carbocycles. The summed E-state index contributed by atoms with van der Waals surface area (Å²) in [6.45, 7) is 4.13. The Kier molecular flexibility index (Phi) is 9.36. The number of nitrogens with two attached hydrogens (primary N) is 1. The Morgan fingerprint density at radius 1 is 1.20 bits per heavy atom. The van der Waals surface area contributed by atoms with E-state index in [1.807, 2.05) is 13.8 Å². The number of hydrogen-bond acceptors (Lipinski definition) is 4. The fourth-order valence-corrected chi connectivity index (χ4v) is 1.49. The second kappa shape index (κ2) is 10.2. The summed E-state index contributed by atoms with van der Waals surface area (Å²) in [6, 6.07) is -0.714. The first-order valence-corrected chi connectivity index (χ1v) is 6.71. The summed E-state index contributed by atoms with van der Waals surface area (Å²) < 4.78 is 4.90. The summed E-state index contributed by atoms with van der Waals surface area (Å²) >= 11 is 0. The van der Waals surface area contributed by atoms with E-state index >= 15 is 0 Å². The second-order valence-corrected chi connectivity index (χ2v) is 5.02. The van der Waals surface area contributed by atoms with Crippen molar-refractivity contribution in [2.45, 2.75) is 39.2 Å². The summed E-state index contributed by atoms with van der Waals surface area (Å²) in [5.41, 5.74) is 4.96. The molecular weight excluding hydrogens is 262 g/mol. The zero-order valence-electron chi connectivity index (χ0n) is 12.4. The van der Waals surface area contributed by atoms with Gasteiger partial charge in [-0.3, -0.25) is 14.4 Å². The standard InChI is InChI=1S/C13H25N3O4/c1-9(2)4-5-12(18)16-10(6-7-20-3)13(19)15-8-11(14)17/h9-10H,4-8H2,1-3H3,(H2,14,17)(H,15,19)(H,16,18).